The number of allylic oxidation sites excluding steroid dienone is 2. The molecular weight excluding hydrogens is 420 g/mol. The largest absolute Gasteiger partial charge is 0.344 e. The molecule has 0 saturated heterocycles. The van der Waals surface area contributed by atoms with Gasteiger partial charge in [-0.25, -0.2) is 0 Å². The Hall–Kier alpha value is -3.76. The molecule has 0 amide bonds. The number of Topliss-reactive ketones (excluding diaryl/α,β-unsaturated/α-hetero) is 2. The first-order valence-electron chi connectivity index (χ1n) is 11.5. The molecule has 0 spiro atoms. The second kappa shape index (κ2) is 10.4. The van der Waals surface area contributed by atoms with Crippen LogP contribution in [0.1, 0.15) is 37.8 Å². The Bertz CT molecular complexity index is 1160. The quantitative estimate of drug-likeness (QED) is 0.438. The lowest BCUT2D eigenvalue weighted by Crippen LogP contribution is -2.32. The lowest BCUT2D eigenvalue weighted by atomic mass is 9.76. The van der Waals surface area contributed by atoms with E-state index in [-0.39, 0.29) is 11.6 Å². The SMILES string of the molecule is Cc1ccccc1C1C(C(=O)c2ccccc2)=[C]N(CCN(C)C)C=C1C(=O)c1ccccc1. The van der Waals surface area contributed by atoms with Crippen LogP contribution in [-0.4, -0.2) is 48.6 Å². The van der Waals surface area contributed by atoms with E-state index in [2.05, 4.69) is 11.1 Å². The van der Waals surface area contributed by atoms with Crippen LogP contribution >= 0.6 is 0 Å². The average molecular weight is 450 g/mol. The van der Waals surface area contributed by atoms with Gasteiger partial charge in [0.05, 0.1) is 6.20 Å². The zero-order chi connectivity index (χ0) is 24.1. The normalized spacial score (nSPS) is 14.1. The Morgan fingerprint density at radius 2 is 1.38 bits per heavy atom. The molecule has 34 heavy (non-hydrogen) atoms. The Morgan fingerprint density at radius 3 is 1.97 bits per heavy atom. The minimum atomic E-state index is -0.503. The number of hydrogen-bond acceptors (Lipinski definition) is 4. The summed E-state index contributed by atoms with van der Waals surface area (Å²) < 4.78 is 0. The number of likely N-dealkylation sites (N-methyl/N-ethyl adjacent to an activating group) is 1. The van der Waals surface area contributed by atoms with Gasteiger partial charge in [-0.1, -0.05) is 84.9 Å². The van der Waals surface area contributed by atoms with Gasteiger partial charge < -0.3 is 9.80 Å². The number of carbonyl (C=O) groups excluding carboxylic acids is 2. The molecular formula is C30H29N2O2. The molecule has 0 aliphatic carbocycles. The van der Waals surface area contributed by atoms with Crippen molar-refractivity contribution in [3.63, 3.8) is 0 Å². The first-order valence-corrected chi connectivity index (χ1v) is 11.5. The van der Waals surface area contributed by atoms with Gasteiger partial charge >= 0.3 is 0 Å². The molecule has 1 atom stereocenters. The van der Waals surface area contributed by atoms with E-state index >= 15 is 0 Å². The highest BCUT2D eigenvalue weighted by Crippen LogP contribution is 2.39. The molecule has 0 N–H and O–H groups in total. The number of carbonyl (C=O) groups is 2. The number of nitrogens with zero attached hydrogens (tertiary/aromatic N) is 2. The van der Waals surface area contributed by atoms with Crippen LogP contribution in [0.3, 0.4) is 0 Å². The van der Waals surface area contributed by atoms with Gasteiger partial charge in [-0.3, -0.25) is 9.59 Å². The Kier molecular flexibility index (Phi) is 7.19. The highest BCUT2D eigenvalue weighted by Gasteiger charge is 2.35. The molecule has 0 aromatic heterocycles. The summed E-state index contributed by atoms with van der Waals surface area (Å²) in [6.07, 6.45) is 5.24. The maximum atomic E-state index is 13.8. The molecule has 0 saturated carbocycles. The van der Waals surface area contributed by atoms with Crippen molar-refractivity contribution in [3.8, 4) is 0 Å². The third kappa shape index (κ3) is 5.08. The van der Waals surface area contributed by atoms with E-state index in [1.807, 2.05) is 117 Å². The van der Waals surface area contributed by atoms with Gasteiger partial charge in [0.25, 0.3) is 0 Å². The molecule has 0 bridgehead atoms. The van der Waals surface area contributed by atoms with E-state index in [4.69, 9.17) is 0 Å². The van der Waals surface area contributed by atoms with E-state index in [0.717, 1.165) is 17.7 Å². The van der Waals surface area contributed by atoms with Crippen molar-refractivity contribution in [2.75, 3.05) is 27.2 Å². The average Bonchev–Trinajstić information content (AvgIpc) is 2.87. The summed E-state index contributed by atoms with van der Waals surface area (Å²) in [6.45, 7) is 3.39. The molecule has 171 valence electrons. The van der Waals surface area contributed by atoms with E-state index in [1.54, 1.807) is 0 Å². The standard InChI is InChI=1S/C30H29N2O2/c1-22-12-10-11-17-25(22)28-26(29(33)23-13-6-4-7-14-23)20-32(19-18-31(2)3)21-27(28)30(34)24-15-8-5-9-16-24/h4-17,20,28H,18-19H2,1-3H3. The van der Waals surface area contributed by atoms with Gasteiger partial charge in [0.2, 0.25) is 0 Å². The fourth-order valence-corrected chi connectivity index (χ4v) is 4.18. The summed E-state index contributed by atoms with van der Waals surface area (Å²) in [7, 11) is 4.00. The van der Waals surface area contributed by atoms with Gasteiger partial charge in [0.15, 0.2) is 11.6 Å². The van der Waals surface area contributed by atoms with Gasteiger partial charge in [-0.05, 0) is 32.1 Å². The highest BCUT2D eigenvalue weighted by atomic mass is 16.1. The van der Waals surface area contributed by atoms with Crippen molar-refractivity contribution >= 4 is 11.6 Å². The van der Waals surface area contributed by atoms with Crippen molar-refractivity contribution in [2.24, 2.45) is 0 Å². The topological polar surface area (TPSA) is 40.6 Å². The lowest BCUT2D eigenvalue weighted by Gasteiger charge is -2.32. The monoisotopic (exact) mass is 449 g/mol. The Labute approximate surface area is 201 Å². The van der Waals surface area contributed by atoms with Gasteiger partial charge in [0.1, 0.15) is 0 Å². The maximum absolute atomic E-state index is 13.8. The maximum Gasteiger partial charge on any atom is 0.192 e. The third-order valence-electron chi connectivity index (χ3n) is 6.03. The predicted molar refractivity (Wildman–Crippen MR) is 136 cm³/mol. The highest BCUT2D eigenvalue weighted by molar-refractivity contribution is 6.15. The molecule has 1 heterocycles. The van der Waals surface area contributed by atoms with Crippen molar-refractivity contribution in [1.29, 1.82) is 0 Å². The molecule has 4 nitrogen and oxygen atoms in total. The van der Waals surface area contributed by atoms with Crippen molar-refractivity contribution in [1.82, 2.24) is 9.80 Å². The van der Waals surface area contributed by atoms with E-state index in [9.17, 15) is 9.59 Å². The Balaban J connectivity index is 1.87. The van der Waals surface area contributed by atoms with Crippen molar-refractivity contribution < 1.29 is 9.59 Å². The first kappa shape index (κ1) is 23.4. The molecule has 1 unspecified atom stereocenters. The summed E-state index contributed by atoms with van der Waals surface area (Å²) in [5, 5.41) is 0. The second-order valence-electron chi connectivity index (χ2n) is 8.79. The fraction of sp³-hybridized carbons (Fsp3) is 0.200. The van der Waals surface area contributed by atoms with Crippen molar-refractivity contribution in [2.45, 2.75) is 12.8 Å². The number of rotatable bonds is 8. The van der Waals surface area contributed by atoms with Gasteiger partial charge in [-0.2, -0.15) is 0 Å². The Morgan fingerprint density at radius 1 is 0.824 bits per heavy atom. The minimum absolute atomic E-state index is 0.0800. The van der Waals surface area contributed by atoms with Crippen LogP contribution in [0.4, 0.5) is 0 Å². The third-order valence-corrected chi connectivity index (χ3v) is 6.03. The van der Waals surface area contributed by atoms with Crippen LogP contribution in [0, 0.1) is 13.1 Å². The van der Waals surface area contributed by atoms with E-state index < -0.39 is 5.92 Å². The minimum Gasteiger partial charge on any atom is -0.344 e. The summed E-state index contributed by atoms with van der Waals surface area (Å²) in [5.74, 6) is -0.698. The van der Waals surface area contributed by atoms with Crippen LogP contribution in [0.25, 0.3) is 0 Å². The van der Waals surface area contributed by atoms with E-state index in [1.165, 1.54) is 0 Å². The molecule has 1 aliphatic heterocycles. The number of hydrogen-bond donors (Lipinski definition) is 0. The molecule has 0 fully saturated rings. The summed E-state index contributed by atoms with van der Waals surface area (Å²) in [4.78, 5) is 31.6. The summed E-state index contributed by atoms with van der Waals surface area (Å²) in [6, 6.07) is 26.4. The smallest absolute Gasteiger partial charge is 0.192 e. The zero-order valence-corrected chi connectivity index (χ0v) is 19.9. The van der Waals surface area contributed by atoms with Crippen LogP contribution in [0.2, 0.25) is 0 Å². The predicted octanol–water partition coefficient (Wildman–Crippen LogP) is 5.29. The fourth-order valence-electron chi connectivity index (χ4n) is 4.18. The second-order valence-corrected chi connectivity index (χ2v) is 8.79. The molecule has 3 aromatic rings. The number of aryl methyl sites for hydroxylation is 1. The van der Waals surface area contributed by atoms with Gasteiger partial charge in [0, 0.05) is 47.5 Å². The van der Waals surface area contributed by atoms with Crippen LogP contribution < -0.4 is 0 Å². The number of benzene rings is 3. The molecule has 1 aliphatic rings. The lowest BCUT2D eigenvalue weighted by molar-refractivity contribution is 0.101. The number of ketones is 2. The molecule has 3 aromatic carbocycles. The summed E-state index contributed by atoms with van der Waals surface area (Å²) in [5.41, 5.74) is 4.23. The molecule has 1 radical (unpaired) electrons. The van der Waals surface area contributed by atoms with Crippen LogP contribution in [0.5, 0.6) is 0 Å². The first-order chi connectivity index (χ1) is 16.5. The zero-order valence-electron chi connectivity index (χ0n) is 19.9. The van der Waals surface area contributed by atoms with Crippen molar-refractivity contribution in [3.05, 3.63) is 131 Å². The molecule has 4 heteroatoms. The summed E-state index contributed by atoms with van der Waals surface area (Å²) >= 11 is 0. The van der Waals surface area contributed by atoms with Crippen LogP contribution in [-0.2, 0) is 0 Å². The van der Waals surface area contributed by atoms with E-state index in [0.29, 0.717) is 28.8 Å². The van der Waals surface area contributed by atoms with Crippen LogP contribution in [0.15, 0.2) is 102 Å². The molecule has 4 rings (SSSR count). The van der Waals surface area contributed by atoms with Gasteiger partial charge in [-0.15, -0.1) is 0 Å².